The van der Waals surface area contributed by atoms with Crippen molar-refractivity contribution in [2.45, 2.75) is 6.54 Å². The van der Waals surface area contributed by atoms with E-state index in [0.29, 0.717) is 5.56 Å². The van der Waals surface area contributed by atoms with Gasteiger partial charge in [-0.15, -0.1) is 5.10 Å². The number of nitrogens with zero attached hydrogens (tertiary/aromatic N) is 2. The largest absolute Gasteiger partial charge is 0.505 e. The number of nitrogens with one attached hydrogen (secondary N) is 1. The number of anilines is 1. The quantitative estimate of drug-likeness (QED) is 0.770. The highest BCUT2D eigenvalue weighted by Gasteiger charge is 2.18. The van der Waals surface area contributed by atoms with Crippen LogP contribution in [0.25, 0.3) is 11.5 Å². The van der Waals surface area contributed by atoms with E-state index in [-0.39, 0.29) is 29.8 Å². The van der Waals surface area contributed by atoms with Crippen molar-refractivity contribution in [3.05, 3.63) is 59.4 Å². The molecule has 3 aromatic rings. The number of hydrogen-bond acceptors (Lipinski definition) is 5. The minimum atomic E-state index is -1.39. The van der Waals surface area contributed by atoms with Gasteiger partial charge in [-0.2, -0.15) is 4.39 Å². The van der Waals surface area contributed by atoms with Gasteiger partial charge in [-0.25, -0.2) is 8.78 Å². The monoisotopic (exact) mass is 321 g/mol. The lowest BCUT2D eigenvalue weighted by Gasteiger charge is -2.02. The third-order valence-corrected chi connectivity index (χ3v) is 3.05. The molecule has 0 atom stereocenters. The smallest absolute Gasteiger partial charge is 0.316 e. The van der Waals surface area contributed by atoms with Crippen LogP contribution in [0.5, 0.6) is 5.75 Å². The summed E-state index contributed by atoms with van der Waals surface area (Å²) < 4.78 is 45.3. The summed E-state index contributed by atoms with van der Waals surface area (Å²) in [6, 6.07) is 7.98. The number of phenolic OH excluding ortho intramolecular Hbond substituents is 1. The van der Waals surface area contributed by atoms with Gasteiger partial charge in [-0.1, -0.05) is 17.2 Å². The standard InChI is InChI=1S/C15H10F3N3O2/c16-9-3-1-2-8(6-9)7-19-15-21-20-14(23-15)10-4-5-11(22)13(18)12(10)17/h1-6,22H,7H2,(H,19,21). The Morgan fingerprint density at radius 3 is 2.65 bits per heavy atom. The van der Waals surface area contributed by atoms with E-state index in [4.69, 9.17) is 9.52 Å². The summed E-state index contributed by atoms with van der Waals surface area (Å²) in [5, 5.41) is 19.1. The maximum atomic E-state index is 13.7. The van der Waals surface area contributed by atoms with Crippen LogP contribution in [0, 0.1) is 17.5 Å². The van der Waals surface area contributed by atoms with Crippen molar-refractivity contribution in [1.29, 1.82) is 0 Å². The van der Waals surface area contributed by atoms with Crippen LogP contribution in [0.4, 0.5) is 19.2 Å². The van der Waals surface area contributed by atoms with Gasteiger partial charge in [0.05, 0.1) is 5.56 Å². The summed E-state index contributed by atoms with van der Waals surface area (Å²) in [7, 11) is 0. The summed E-state index contributed by atoms with van der Waals surface area (Å²) in [5.74, 6) is -4.11. The zero-order valence-electron chi connectivity index (χ0n) is 11.6. The molecule has 1 heterocycles. The van der Waals surface area contributed by atoms with E-state index in [9.17, 15) is 13.2 Å². The normalized spacial score (nSPS) is 10.7. The molecule has 0 radical (unpaired) electrons. The molecule has 1 aromatic heterocycles. The van der Waals surface area contributed by atoms with Gasteiger partial charge in [-0.3, -0.25) is 0 Å². The van der Waals surface area contributed by atoms with Gasteiger partial charge < -0.3 is 14.8 Å². The molecule has 5 nitrogen and oxygen atoms in total. The van der Waals surface area contributed by atoms with Crippen molar-refractivity contribution in [2.24, 2.45) is 0 Å². The van der Waals surface area contributed by atoms with E-state index in [1.807, 2.05) is 0 Å². The molecule has 0 amide bonds. The van der Waals surface area contributed by atoms with Crippen LogP contribution in [0.15, 0.2) is 40.8 Å². The fraction of sp³-hybridized carbons (Fsp3) is 0.0667. The topological polar surface area (TPSA) is 71.2 Å². The van der Waals surface area contributed by atoms with E-state index >= 15 is 0 Å². The summed E-state index contributed by atoms with van der Waals surface area (Å²) in [5.41, 5.74) is 0.373. The first-order valence-electron chi connectivity index (χ1n) is 6.54. The third-order valence-electron chi connectivity index (χ3n) is 3.05. The zero-order valence-corrected chi connectivity index (χ0v) is 11.6. The number of rotatable bonds is 4. The van der Waals surface area contributed by atoms with Crippen LogP contribution < -0.4 is 5.32 Å². The molecule has 0 aliphatic rings. The second-order valence-electron chi connectivity index (χ2n) is 4.66. The molecule has 0 bridgehead atoms. The van der Waals surface area contributed by atoms with Gasteiger partial charge in [0, 0.05) is 6.54 Å². The molecule has 2 aromatic carbocycles. The van der Waals surface area contributed by atoms with Gasteiger partial charge in [-0.05, 0) is 29.8 Å². The number of halogens is 3. The Kier molecular flexibility index (Phi) is 3.88. The lowest BCUT2D eigenvalue weighted by atomic mass is 10.2. The number of phenols is 1. The molecule has 2 N–H and O–H groups in total. The van der Waals surface area contributed by atoms with Crippen LogP contribution in [-0.4, -0.2) is 15.3 Å². The zero-order chi connectivity index (χ0) is 16.4. The number of aromatic nitrogens is 2. The van der Waals surface area contributed by atoms with Crippen molar-refractivity contribution in [3.8, 4) is 17.2 Å². The number of aromatic hydroxyl groups is 1. The Labute approximate surface area is 128 Å². The minimum Gasteiger partial charge on any atom is -0.505 e. The van der Waals surface area contributed by atoms with Crippen LogP contribution >= 0.6 is 0 Å². The molecule has 0 spiro atoms. The molecule has 0 aliphatic heterocycles. The van der Waals surface area contributed by atoms with Crippen molar-refractivity contribution in [1.82, 2.24) is 10.2 Å². The number of benzene rings is 2. The van der Waals surface area contributed by atoms with E-state index in [1.165, 1.54) is 12.1 Å². The Morgan fingerprint density at radius 2 is 1.87 bits per heavy atom. The molecular formula is C15H10F3N3O2. The molecule has 23 heavy (non-hydrogen) atoms. The molecule has 8 heteroatoms. The van der Waals surface area contributed by atoms with Crippen LogP contribution in [0.3, 0.4) is 0 Å². The minimum absolute atomic E-state index is 0.0304. The fourth-order valence-electron chi connectivity index (χ4n) is 1.93. The molecule has 118 valence electrons. The van der Waals surface area contributed by atoms with Crippen LogP contribution in [0.1, 0.15) is 5.56 Å². The summed E-state index contributed by atoms with van der Waals surface area (Å²) >= 11 is 0. The summed E-state index contributed by atoms with van der Waals surface area (Å²) in [6.07, 6.45) is 0. The third kappa shape index (κ3) is 3.10. The summed E-state index contributed by atoms with van der Waals surface area (Å²) in [6.45, 7) is 0.214. The van der Waals surface area contributed by atoms with Gasteiger partial charge in [0.15, 0.2) is 11.6 Å². The number of hydrogen-bond donors (Lipinski definition) is 2. The van der Waals surface area contributed by atoms with E-state index in [0.717, 1.165) is 12.1 Å². The van der Waals surface area contributed by atoms with Crippen molar-refractivity contribution >= 4 is 6.01 Å². The Morgan fingerprint density at radius 1 is 1.04 bits per heavy atom. The Hall–Kier alpha value is -3.03. The first-order chi connectivity index (χ1) is 11.0. The lowest BCUT2D eigenvalue weighted by Crippen LogP contribution is -1.99. The first kappa shape index (κ1) is 14.9. The second kappa shape index (κ2) is 5.99. The van der Waals surface area contributed by atoms with Crippen LogP contribution in [-0.2, 0) is 6.54 Å². The Bertz CT molecular complexity index is 852. The predicted octanol–water partition coefficient (Wildman–Crippen LogP) is 3.47. The highest BCUT2D eigenvalue weighted by molar-refractivity contribution is 5.56. The summed E-state index contributed by atoms with van der Waals surface area (Å²) in [4.78, 5) is 0. The SMILES string of the molecule is Oc1ccc(-c2nnc(NCc3cccc(F)c3)o2)c(F)c1F. The average molecular weight is 321 g/mol. The van der Waals surface area contributed by atoms with Crippen molar-refractivity contribution < 1.29 is 22.7 Å². The van der Waals surface area contributed by atoms with Gasteiger partial charge >= 0.3 is 6.01 Å². The molecule has 0 saturated heterocycles. The van der Waals surface area contributed by atoms with E-state index in [1.54, 1.807) is 12.1 Å². The van der Waals surface area contributed by atoms with E-state index < -0.39 is 17.4 Å². The Balaban J connectivity index is 1.77. The lowest BCUT2D eigenvalue weighted by molar-refractivity contribution is 0.407. The molecule has 0 aliphatic carbocycles. The second-order valence-corrected chi connectivity index (χ2v) is 4.66. The molecule has 0 fully saturated rings. The van der Waals surface area contributed by atoms with Crippen LogP contribution in [0.2, 0.25) is 0 Å². The van der Waals surface area contributed by atoms with Crippen molar-refractivity contribution in [2.75, 3.05) is 5.32 Å². The molecule has 0 unspecified atom stereocenters. The fourth-order valence-corrected chi connectivity index (χ4v) is 1.93. The predicted molar refractivity (Wildman–Crippen MR) is 75.0 cm³/mol. The van der Waals surface area contributed by atoms with Gasteiger partial charge in [0.1, 0.15) is 5.82 Å². The molecular weight excluding hydrogens is 311 g/mol. The first-order valence-corrected chi connectivity index (χ1v) is 6.54. The van der Waals surface area contributed by atoms with E-state index in [2.05, 4.69) is 15.5 Å². The molecule has 0 saturated carbocycles. The maximum absolute atomic E-state index is 13.7. The van der Waals surface area contributed by atoms with Gasteiger partial charge in [0.25, 0.3) is 5.89 Å². The highest BCUT2D eigenvalue weighted by Crippen LogP contribution is 2.29. The average Bonchev–Trinajstić information content (AvgIpc) is 3.00. The highest BCUT2D eigenvalue weighted by atomic mass is 19.2. The van der Waals surface area contributed by atoms with Gasteiger partial charge in [0.2, 0.25) is 5.82 Å². The van der Waals surface area contributed by atoms with Crippen molar-refractivity contribution in [3.63, 3.8) is 0 Å². The maximum Gasteiger partial charge on any atom is 0.316 e. The molecule has 3 rings (SSSR count).